The first-order valence-electron chi connectivity index (χ1n) is 15.1. The zero-order chi connectivity index (χ0) is 25.7. The molecule has 5 aliphatic carbocycles. The van der Waals surface area contributed by atoms with E-state index in [0.29, 0.717) is 41.1 Å². The molecule has 0 amide bonds. The van der Waals surface area contributed by atoms with Gasteiger partial charge in [0, 0.05) is 6.61 Å². The van der Waals surface area contributed by atoms with Crippen LogP contribution in [0.1, 0.15) is 126 Å². The minimum absolute atomic E-state index is 0.0452. The Hall–Kier alpha value is -0.120. The van der Waals surface area contributed by atoms with E-state index in [2.05, 4.69) is 48.5 Å². The maximum atomic E-state index is 12.2. The minimum atomic E-state index is -0.226. The monoisotopic (exact) mass is 488 g/mol. The molecule has 0 saturated heterocycles. The van der Waals surface area contributed by atoms with Gasteiger partial charge in [-0.05, 0) is 133 Å². The molecule has 3 N–H and O–H groups in total. The number of hydrogen-bond acceptors (Lipinski definition) is 3. The van der Waals surface area contributed by atoms with E-state index in [1.54, 1.807) is 0 Å². The van der Waals surface area contributed by atoms with E-state index in [-0.39, 0.29) is 33.9 Å². The van der Waals surface area contributed by atoms with Crippen LogP contribution >= 0.6 is 0 Å². The van der Waals surface area contributed by atoms with E-state index in [9.17, 15) is 15.3 Å². The Morgan fingerprint density at radius 3 is 2.11 bits per heavy atom. The molecule has 0 radical (unpaired) electrons. The zero-order valence-electron chi connectivity index (χ0n) is 24.0. The fourth-order valence-electron chi connectivity index (χ4n) is 12.0. The van der Waals surface area contributed by atoms with Gasteiger partial charge in [-0.2, -0.15) is 0 Å². The summed E-state index contributed by atoms with van der Waals surface area (Å²) in [7, 11) is 0. The number of rotatable bonds is 3. The summed E-state index contributed by atoms with van der Waals surface area (Å²) in [6.45, 7) is 17.6. The van der Waals surface area contributed by atoms with Gasteiger partial charge in [0.05, 0.1) is 12.2 Å². The van der Waals surface area contributed by atoms with Crippen LogP contribution in [0, 0.1) is 56.2 Å². The lowest BCUT2D eigenvalue weighted by atomic mass is 9.31. The van der Waals surface area contributed by atoms with Crippen molar-refractivity contribution in [3.8, 4) is 0 Å². The SMILES string of the molecule is CC1(C)CC[C@]2(CCCO)CC[C@]3(C)[C@H]([C@H](O)C[C@@H]4[C@@]5(C)CC[C@H](O)C(C)(C)[C@@H]5CC[C@]43C)[C@@H]2C1. The molecule has 0 aliphatic heterocycles. The molecule has 5 aliphatic rings. The summed E-state index contributed by atoms with van der Waals surface area (Å²) in [6.07, 6.45) is 13.3. The molecule has 0 spiro atoms. The Kier molecular flexibility index (Phi) is 6.20. The molecule has 0 bridgehead atoms. The van der Waals surface area contributed by atoms with Crippen LogP contribution < -0.4 is 0 Å². The van der Waals surface area contributed by atoms with Crippen LogP contribution in [-0.4, -0.2) is 34.1 Å². The third-order valence-electron chi connectivity index (χ3n) is 14.2. The molecule has 0 aromatic rings. The smallest absolute Gasteiger partial charge is 0.0594 e. The van der Waals surface area contributed by atoms with E-state index in [4.69, 9.17) is 0 Å². The van der Waals surface area contributed by atoms with Crippen molar-refractivity contribution in [1.29, 1.82) is 0 Å². The first-order valence-corrected chi connectivity index (χ1v) is 15.1. The second kappa shape index (κ2) is 8.19. The molecule has 0 aromatic heterocycles. The predicted molar refractivity (Wildman–Crippen MR) is 143 cm³/mol. The van der Waals surface area contributed by atoms with Gasteiger partial charge < -0.3 is 15.3 Å². The molecule has 10 atom stereocenters. The summed E-state index contributed by atoms with van der Waals surface area (Å²) < 4.78 is 0. The number of fused-ring (bicyclic) bond motifs is 7. The molecule has 0 heterocycles. The summed E-state index contributed by atoms with van der Waals surface area (Å²) in [4.78, 5) is 0. The predicted octanol–water partition coefficient (Wildman–Crippen LogP) is 6.97. The van der Waals surface area contributed by atoms with Gasteiger partial charge in [0.25, 0.3) is 0 Å². The molecule has 5 rings (SSSR count). The van der Waals surface area contributed by atoms with E-state index < -0.39 is 0 Å². The van der Waals surface area contributed by atoms with E-state index >= 15 is 0 Å². The number of aliphatic hydroxyl groups excluding tert-OH is 3. The number of aliphatic hydroxyl groups is 3. The van der Waals surface area contributed by atoms with Crippen LogP contribution in [0.15, 0.2) is 0 Å². The molecule has 3 heteroatoms. The normalized spacial score (nSPS) is 54.7. The van der Waals surface area contributed by atoms with Crippen LogP contribution in [-0.2, 0) is 0 Å². The van der Waals surface area contributed by atoms with Gasteiger partial charge >= 0.3 is 0 Å². The van der Waals surface area contributed by atoms with E-state index in [0.717, 1.165) is 32.1 Å². The molecular weight excluding hydrogens is 432 g/mol. The maximum absolute atomic E-state index is 12.2. The third-order valence-corrected chi connectivity index (χ3v) is 14.2. The fraction of sp³-hybridized carbons (Fsp3) is 1.00. The lowest BCUT2D eigenvalue weighted by Gasteiger charge is -2.74. The highest BCUT2D eigenvalue weighted by Gasteiger charge is 2.71. The Morgan fingerprint density at radius 2 is 1.43 bits per heavy atom. The van der Waals surface area contributed by atoms with Gasteiger partial charge in [-0.25, -0.2) is 0 Å². The van der Waals surface area contributed by atoms with Crippen molar-refractivity contribution in [3.63, 3.8) is 0 Å². The molecule has 0 aromatic carbocycles. The average molecular weight is 489 g/mol. The van der Waals surface area contributed by atoms with Crippen molar-refractivity contribution >= 4 is 0 Å². The van der Waals surface area contributed by atoms with Crippen LogP contribution in [0.25, 0.3) is 0 Å². The molecule has 5 saturated carbocycles. The molecular formula is C32H56O3. The van der Waals surface area contributed by atoms with Crippen LogP contribution in [0.5, 0.6) is 0 Å². The van der Waals surface area contributed by atoms with Crippen molar-refractivity contribution in [1.82, 2.24) is 0 Å². The van der Waals surface area contributed by atoms with Crippen molar-refractivity contribution in [2.75, 3.05) is 6.61 Å². The molecule has 5 fully saturated rings. The summed E-state index contributed by atoms with van der Waals surface area (Å²) in [6, 6.07) is 0. The highest BCUT2D eigenvalue weighted by Crippen LogP contribution is 2.77. The van der Waals surface area contributed by atoms with Gasteiger partial charge in [-0.3, -0.25) is 0 Å². The molecule has 35 heavy (non-hydrogen) atoms. The van der Waals surface area contributed by atoms with Crippen molar-refractivity contribution in [2.24, 2.45) is 56.2 Å². The van der Waals surface area contributed by atoms with Crippen molar-refractivity contribution in [3.05, 3.63) is 0 Å². The summed E-state index contributed by atoms with van der Waals surface area (Å²) in [5, 5.41) is 32.9. The molecule has 202 valence electrons. The van der Waals surface area contributed by atoms with Crippen LogP contribution in [0.3, 0.4) is 0 Å². The molecule has 0 unspecified atom stereocenters. The average Bonchev–Trinajstić information content (AvgIpc) is 2.77. The Labute approximate surface area is 215 Å². The minimum Gasteiger partial charge on any atom is -0.396 e. The molecule has 3 nitrogen and oxygen atoms in total. The summed E-state index contributed by atoms with van der Waals surface area (Å²) >= 11 is 0. The maximum Gasteiger partial charge on any atom is 0.0594 e. The lowest BCUT2D eigenvalue weighted by molar-refractivity contribution is -0.279. The van der Waals surface area contributed by atoms with Crippen molar-refractivity contribution < 1.29 is 15.3 Å². The highest BCUT2D eigenvalue weighted by atomic mass is 16.3. The second-order valence-corrected chi connectivity index (χ2v) is 16.4. The first kappa shape index (κ1) is 26.5. The highest BCUT2D eigenvalue weighted by molar-refractivity contribution is 5.20. The second-order valence-electron chi connectivity index (χ2n) is 16.4. The van der Waals surface area contributed by atoms with Gasteiger partial charge in [0.15, 0.2) is 0 Å². The van der Waals surface area contributed by atoms with Gasteiger partial charge in [-0.1, -0.05) is 48.5 Å². The zero-order valence-corrected chi connectivity index (χ0v) is 24.0. The largest absolute Gasteiger partial charge is 0.396 e. The topological polar surface area (TPSA) is 60.7 Å². The van der Waals surface area contributed by atoms with Gasteiger partial charge in [-0.15, -0.1) is 0 Å². The Bertz CT molecular complexity index is 820. The van der Waals surface area contributed by atoms with Crippen LogP contribution in [0.4, 0.5) is 0 Å². The third kappa shape index (κ3) is 3.52. The van der Waals surface area contributed by atoms with Gasteiger partial charge in [0.1, 0.15) is 0 Å². The standard InChI is InChI=1S/C32H56O3/c1-27(2)14-16-32(11-8-18-33)17-15-31(7)26(21(32)20-27)22(34)19-24-29(5)12-10-25(35)28(3,4)23(29)9-13-30(24,31)6/h21-26,33-35H,8-20H2,1-7H3/t21-,22+,23-,24+,25-,26-,29-,30+,31+,32+/m0/s1. The van der Waals surface area contributed by atoms with E-state index in [1.807, 2.05) is 0 Å². The Morgan fingerprint density at radius 1 is 0.743 bits per heavy atom. The lowest BCUT2D eigenvalue weighted by Crippen LogP contribution is -2.70. The Balaban J connectivity index is 1.55. The van der Waals surface area contributed by atoms with Crippen molar-refractivity contribution in [2.45, 2.75) is 138 Å². The first-order chi connectivity index (χ1) is 16.2. The number of hydrogen-bond donors (Lipinski definition) is 3. The van der Waals surface area contributed by atoms with Gasteiger partial charge in [0.2, 0.25) is 0 Å². The fourth-order valence-corrected chi connectivity index (χ4v) is 12.0. The summed E-state index contributed by atoms with van der Waals surface area (Å²) in [5.41, 5.74) is 1.20. The summed E-state index contributed by atoms with van der Waals surface area (Å²) in [5.74, 6) is 2.00. The van der Waals surface area contributed by atoms with E-state index in [1.165, 1.54) is 44.9 Å². The van der Waals surface area contributed by atoms with Crippen LogP contribution in [0.2, 0.25) is 0 Å². The quantitative estimate of drug-likeness (QED) is 0.402.